The van der Waals surface area contributed by atoms with Crippen LogP contribution >= 0.6 is 11.3 Å². The summed E-state index contributed by atoms with van der Waals surface area (Å²) in [6.07, 6.45) is -2.60. The lowest BCUT2D eigenvalue weighted by Crippen LogP contribution is -2.57. The first-order chi connectivity index (χ1) is 16.8. The summed E-state index contributed by atoms with van der Waals surface area (Å²) in [4.78, 5) is 27.7. The van der Waals surface area contributed by atoms with Crippen molar-refractivity contribution in [3.63, 3.8) is 0 Å². The van der Waals surface area contributed by atoms with Gasteiger partial charge < -0.3 is 10.2 Å². The predicted octanol–water partition coefficient (Wildman–Crippen LogP) is 5.83. The van der Waals surface area contributed by atoms with Crippen molar-refractivity contribution >= 4 is 23.1 Å². The van der Waals surface area contributed by atoms with Crippen LogP contribution in [-0.4, -0.2) is 50.8 Å². The smallest absolute Gasteiger partial charge is 0.368 e. The topological polar surface area (TPSA) is 71.0 Å². The molecular formula is C24H24F5N5OS. The molecule has 0 bridgehead atoms. The first kappa shape index (κ1) is 25.9. The van der Waals surface area contributed by atoms with Crippen LogP contribution in [0.5, 0.6) is 0 Å². The summed E-state index contributed by atoms with van der Waals surface area (Å²) in [5.41, 5.74) is 0.610. The van der Waals surface area contributed by atoms with Gasteiger partial charge in [-0.15, -0.1) is 11.3 Å². The Morgan fingerprint density at radius 1 is 1.17 bits per heavy atom. The molecule has 0 saturated carbocycles. The normalized spacial score (nSPS) is 19.8. The number of pyridine rings is 2. The number of piperidine rings is 1. The van der Waals surface area contributed by atoms with Crippen molar-refractivity contribution in [2.45, 2.75) is 45.3 Å². The monoisotopic (exact) mass is 525 g/mol. The fourth-order valence-electron chi connectivity index (χ4n) is 4.24. The van der Waals surface area contributed by atoms with E-state index in [0.29, 0.717) is 21.8 Å². The first-order valence-electron chi connectivity index (χ1n) is 11.2. The van der Waals surface area contributed by atoms with Gasteiger partial charge in [0.1, 0.15) is 11.5 Å². The second kappa shape index (κ2) is 9.72. The Labute approximate surface area is 208 Å². The quantitative estimate of drug-likeness (QED) is 0.424. The van der Waals surface area contributed by atoms with Gasteiger partial charge in [0.2, 0.25) is 0 Å². The zero-order chi connectivity index (χ0) is 26.3. The molecule has 1 aliphatic rings. The first-order valence-corrected chi connectivity index (χ1v) is 12.0. The third-order valence-electron chi connectivity index (χ3n) is 6.00. The lowest BCUT2D eigenvalue weighted by Gasteiger charge is -2.43. The number of aromatic nitrogens is 3. The highest BCUT2D eigenvalue weighted by atomic mass is 32.1. The number of thiazole rings is 1. The number of hydrogen-bond donors (Lipinski definition) is 1. The SMILES string of the molecule is Cc1ccc(-c2sc(C)nc2C(=O)N2CC(F)(F)C[C@@H](C)[C@H]2CNc2ccc(C(F)(F)F)cn2)nc1. The summed E-state index contributed by atoms with van der Waals surface area (Å²) in [5.74, 6) is -4.18. The van der Waals surface area contributed by atoms with Gasteiger partial charge in [0.15, 0.2) is 0 Å². The molecular weight excluding hydrogens is 501 g/mol. The Kier molecular flexibility index (Phi) is 7.00. The number of nitrogens with zero attached hydrogens (tertiary/aromatic N) is 4. The van der Waals surface area contributed by atoms with E-state index in [0.717, 1.165) is 16.5 Å². The Bertz CT molecular complexity index is 1230. The average Bonchev–Trinajstić information content (AvgIpc) is 3.19. The molecule has 12 heteroatoms. The van der Waals surface area contributed by atoms with E-state index in [-0.39, 0.29) is 18.1 Å². The molecule has 0 aliphatic carbocycles. The number of alkyl halides is 5. The molecule has 2 atom stereocenters. The average molecular weight is 526 g/mol. The molecule has 3 aromatic heterocycles. The van der Waals surface area contributed by atoms with Crippen molar-refractivity contribution in [3.05, 3.63) is 58.5 Å². The van der Waals surface area contributed by atoms with Gasteiger partial charge in [0, 0.05) is 25.4 Å². The second-order valence-electron chi connectivity index (χ2n) is 8.98. The lowest BCUT2D eigenvalue weighted by molar-refractivity contribution is -0.137. The van der Waals surface area contributed by atoms with Gasteiger partial charge in [-0.1, -0.05) is 13.0 Å². The fraction of sp³-hybridized carbons (Fsp3) is 0.417. The highest BCUT2D eigenvalue weighted by Gasteiger charge is 2.47. The van der Waals surface area contributed by atoms with Crippen molar-refractivity contribution in [2.24, 2.45) is 5.92 Å². The van der Waals surface area contributed by atoms with Crippen molar-refractivity contribution < 1.29 is 26.7 Å². The van der Waals surface area contributed by atoms with Crippen LogP contribution in [0.25, 0.3) is 10.6 Å². The van der Waals surface area contributed by atoms with E-state index in [1.165, 1.54) is 17.4 Å². The van der Waals surface area contributed by atoms with Crippen molar-refractivity contribution in [1.82, 2.24) is 19.9 Å². The predicted molar refractivity (Wildman–Crippen MR) is 126 cm³/mol. The molecule has 0 aromatic carbocycles. The van der Waals surface area contributed by atoms with Gasteiger partial charge >= 0.3 is 6.18 Å². The van der Waals surface area contributed by atoms with E-state index in [4.69, 9.17) is 0 Å². The number of nitrogens with one attached hydrogen (secondary N) is 1. The highest BCUT2D eigenvalue weighted by molar-refractivity contribution is 7.15. The van der Waals surface area contributed by atoms with Gasteiger partial charge in [-0.25, -0.2) is 18.7 Å². The van der Waals surface area contributed by atoms with Gasteiger partial charge in [-0.3, -0.25) is 9.78 Å². The Hall–Kier alpha value is -3.15. The molecule has 6 nitrogen and oxygen atoms in total. The molecule has 0 unspecified atom stereocenters. The lowest BCUT2D eigenvalue weighted by atomic mass is 9.88. The third kappa shape index (κ3) is 5.63. The number of likely N-dealkylation sites (tertiary alicyclic amines) is 1. The van der Waals surface area contributed by atoms with Crippen LogP contribution in [0.3, 0.4) is 0 Å². The molecule has 1 saturated heterocycles. The number of halogens is 5. The van der Waals surface area contributed by atoms with E-state index >= 15 is 0 Å². The number of amides is 1. The minimum atomic E-state index is -4.52. The van der Waals surface area contributed by atoms with Crippen LogP contribution in [0.15, 0.2) is 36.7 Å². The van der Waals surface area contributed by atoms with Crippen molar-refractivity contribution in [2.75, 3.05) is 18.4 Å². The number of carbonyl (C=O) groups excluding carboxylic acids is 1. The van der Waals surface area contributed by atoms with Crippen molar-refractivity contribution in [3.8, 4) is 10.6 Å². The molecule has 4 heterocycles. The summed E-state index contributed by atoms with van der Waals surface area (Å²) in [6.45, 7) is 4.46. The number of anilines is 1. The maximum Gasteiger partial charge on any atom is 0.417 e. The molecule has 3 aromatic rings. The number of rotatable bonds is 5. The van der Waals surface area contributed by atoms with Gasteiger partial charge in [0.05, 0.1) is 33.7 Å². The largest absolute Gasteiger partial charge is 0.417 e. The molecule has 36 heavy (non-hydrogen) atoms. The van der Waals surface area contributed by atoms with Gasteiger partial charge in [0.25, 0.3) is 11.8 Å². The van der Waals surface area contributed by atoms with Gasteiger partial charge in [-0.05, 0) is 43.5 Å². The minimum absolute atomic E-state index is 0.0303. The molecule has 1 fully saturated rings. The molecule has 4 rings (SSSR count). The van der Waals surface area contributed by atoms with Crippen LogP contribution in [0, 0.1) is 19.8 Å². The van der Waals surface area contributed by atoms with Crippen LogP contribution < -0.4 is 5.32 Å². The molecule has 1 N–H and O–H groups in total. The van der Waals surface area contributed by atoms with Crippen LogP contribution in [0.1, 0.15) is 40.0 Å². The minimum Gasteiger partial charge on any atom is -0.368 e. The standard InChI is InChI=1S/C24H24F5N5OS/c1-13-4-6-17(30-9-13)21-20(33-15(3)36-21)22(35)34-12-23(25,26)8-14(2)18(34)11-32-19-7-5-16(10-31-19)24(27,28)29/h4-7,9-10,14,18H,8,11-12H2,1-3H3,(H,31,32)/t14-,18-/m1/s1. The van der Waals surface area contributed by atoms with E-state index in [9.17, 15) is 26.7 Å². The van der Waals surface area contributed by atoms with Gasteiger partial charge in [-0.2, -0.15) is 13.2 Å². The van der Waals surface area contributed by atoms with E-state index in [1.54, 1.807) is 26.1 Å². The van der Waals surface area contributed by atoms with E-state index < -0.39 is 48.5 Å². The Balaban J connectivity index is 1.60. The van der Waals surface area contributed by atoms with Crippen LogP contribution in [0.2, 0.25) is 0 Å². The zero-order valence-corrected chi connectivity index (χ0v) is 20.6. The number of carbonyl (C=O) groups is 1. The molecule has 1 amide bonds. The van der Waals surface area contributed by atoms with Crippen LogP contribution in [0.4, 0.5) is 27.8 Å². The third-order valence-corrected chi connectivity index (χ3v) is 7.00. The summed E-state index contributed by atoms with van der Waals surface area (Å²) in [5, 5.41) is 3.49. The Morgan fingerprint density at radius 2 is 1.92 bits per heavy atom. The second-order valence-corrected chi connectivity index (χ2v) is 10.2. The zero-order valence-electron chi connectivity index (χ0n) is 19.7. The summed E-state index contributed by atoms with van der Waals surface area (Å²) >= 11 is 1.25. The maximum atomic E-state index is 14.6. The maximum absolute atomic E-state index is 14.6. The van der Waals surface area contributed by atoms with E-state index in [1.807, 2.05) is 13.0 Å². The Morgan fingerprint density at radius 3 is 2.53 bits per heavy atom. The molecule has 1 aliphatic heterocycles. The molecule has 0 radical (unpaired) electrons. The summed E-state index contributed by atoms with van der Waals surface area (Å²) in [6, 6.07) is 4.98. The summed E-state index contributed by atoms with van der Waals surface area (Å²) in [7, 11) is 0. The summed E-state index contributed by atoms with van der Waals surface area (Å²) < 4.78 is 67.6. The van der Waals surface area contributed by atoms with E-state index in [2.05, 4.69) is 20.3 Å². The van der Waals surface area contributed by atoms with Crippen LogP contribution in [-0.2, 0) is 6.18 Å². The number of hydrogen-bond acceptors (Lipinski definition) is 6. The highest BCUT2D eigenvalue weighted by Crippen LogP contribution is 2.37. The fourth-order valence-corrected chi connectivity index (χ4v) is 5.13. The number of aryl methyl sites for hydroxylation is 2. The molecule has 0 spiro atoms. The van der Waals surface area contributed by atoms with Crippen molar-refractivity contribution in [1.29, 1.82) is 0 Å². The molecule has 192 valence electrons.